The van der Waals surface area contributed by atoms with Crippen LogP contribution in [0.2, 0.25) is 0 Å². The Balaban J connectivity index is 1.83. The van der Waals surface area contributed by atoms with Gasteiger partial charge in [-0.05, 0) is 5.92 Å². The predicted octanol–water partition coefficient (Wildman–Crippen LogP) is 1.26. The van der Waals surface area contributed by atoms with Crippen molar-refractivity contribution in [1.82, 2.24) is 30.4 Å². The zero-order valence-electron chi connectivity index (χ0n) is 12.8. The van der Waals surface area contributed by atoms with Gasteiger partial charge in [-0.3, -0.25) is 4.99 Å². The highest BCUT2D eigenvalue weighted by Crippen LogP contribution is 2.17. The number of thiazole rings is 1. The van der Waals surface area contributed by atoms with Crippen molar-refractivity contribution in [1.29, 1.82) is 0 Å². The maximum absolute atomic E-state index is 4.59. The predicted molar refractivity (Wildman–Crippen MR) is 84.2 cm³/mol. The summed E-state index contributed by atoms with van der Waals surface area (Å²) in [5.41, 5.74) is 1.14. The molecule has 2 aromatic rings. The Hall–Kier alpha value is -1.96. The fraction of sp³-hybridized carbons (Fsp3) is 0.538. The summed E-state index contributed by atoms with van der Waals surface area (Å²) >= 11 is 1.67. The molecule has 0 aromatic carbocycles. The monoisotopic (exact) mass is 307 g/mol. The number of aromatic nitrogens is 4. The van der Waals surface area contributed by atoms with E-state index in [0.717, 1.165) is 22.5 Å². The first-order valence-electron chi connectivity index (χ1n) is 6.81. The quantitative estimate of drug-likeness (QED) is 0.642. The Labute approximate surface area is 128 Å². The van der Waals surface area contributed by atoms with Gasteiger partial charge in [0.05, 0.1) is 18.8 Å². The highest BCUT2D eigenvalue weighted by Gasteiger charge is 2.07. The Bertz CT molecular complexity index is 599. The van der Waals surface area contributed by atoms with Crippen molar-refractivity contribution < 1.29 is 0 Å². The number of nitrogens with zero attached hydrogens (tertiary/aromatic N) is 5. The molecule has 0 fully saturated rings. The maximum Gasteiger partial charge on any atom is 0.191 e. The van der Waals surface area contributed by atoms with E-state index < -0.39 is 0 Å². The summed E-state index contributed by atoms with van der Waals surface area (Å²) in [7, 11) is 3.66. The highest BCUT2D eigenvalue weighted by molar-refractivity contribution is 7.09. The average Bonchev–Trinajstić information content (AvgIpc) is 3.08. The van der Waals surface area contributed by atoms with Gasteiger partial charge >= 0.3 is 0 Å². The van der Waals surface area contributed by atoms with E-state index in [1.807, 2.05) is 11.6 Å². The third-order valence-corrected chi connectivity index (χ3v) is 3.88. The number of guanidine groups is 1. The van der Waals surface area contributed by atoms with Crippen LogP contribution in [0.15, 0.2) is 16.7 Å². The van der Waals surface area contributed by atoms with Crippen LogP contribution in [0.3, 0.4) is 0 Å². The van der Waals surface area contributed by atoms with Gasteiger partial charge in [0, 0.05) is 19.5 Å². The van der Waals surface area contributed by atoms with Crippen molar-refractivity contribution in [2.24, 2.45) is 12.0 Å². The maximum atomic E-state index is 4.59. The lowest BCUT2D eigenvalue weighted by Crippen LogP contribution is -2.36. The van der Waals surface area contributed by atoms with Gasteiger partial charge in [0.1, 0.15) is 11.3 Å². The van der Waals surface area contributed by atoms with E-state index in [4.69, 9.17) is 0 Å². The molecule has 0 aliphatic heterocycles. The first-order chi connectivity index (χ1) is 10.1. The minimum absolute atomic E-state index is 0.461. The van der Waals surface area contributed by atoms with E-state index in [0.29, 0.717) is 19.0 Å². The summed E-state index contributed by atoms with van der Waals surface area (Å²) in [6.07, 6.45) is 1.68. The van der Waals surface area contributed by atoms with Crippen LogP contribution in [0.4, 0.5) is 0 Å². The molecule has 0 saturated carbocycles. The molecule has 8 heteroatoms. The van der Waals surface area contributed by atoms with Gasteiger partial charge in [-0.2, -0.15) is 0 Å². The van der Waals surface area contributed by atoms with Gasteiger partial charge < -0.3 is 15.2 Å². The molecule has 0 unspecified atom stereocenters. The van der Waals surface area contributed by atoms with Gasteiger partial charge in [0.25, 0.3) is 0 Å². The summed E-state index contributed by atoms with van der Waals surface area (Å²) < 4.78 is 1.87. The van der Waals surface area contributed by atoms with Crippen molar-refractivity contribution in [2.45, 2.75) is 32.9 Å². The molecule has 0 spiro atoms. The number of aliphatic imine (C=N–C) groups is 1. The summed E-state index contributed by atoms with van der Waals surface area (Å²) in [4.78, 5) is 8.77. The fourth-order valence-electron chi connectivity index (χ4n) is 1.68. The van der Waals surface area contributed by atoms with E-state index in [2.05, 4.69) is 50.0 Å². The number of rotatable bonds is 5. The number of hydrogen-bond donors (Lipinski definition) is 2. The van der Waals surface area contributed by atoms with Gasteiger partial charge in [-0.25, -0.2) is 4.98 Å². The molecule has 0 amide bonds. The van der Waals surface area contributed by atoms with Crippen molar-refractivity contribution in [3.63, 3.8) is 0 Å². The minimum atomic E-state index is 0.461. The van der Waals surface area contributed by atoms with Crippen LogP contribution >= 0.6 is 11.3 Å². The zero-order chi connectivity index (χ0) is 15.2. The smallest absolute Gasteiger partial charge is 0.191 e. The lowest BCUT2D eigenvalue weighted by molar-refractivity contribution is 0.723. The van der Waals surface area contributed by atoms with Crippen LogP contribution in [0.25, 0.3) is 0 Å². The third-order valence-electron chi connectivity index (χ3n) is 3.01. The molecule has 0 atom stereocenters. The van der Waals surface area contributed by atoms with Crippen LogP contribution in [-0.2, 0) is 20.1 Å². The van der Waals surface area contributed by atoms with Crippen LogP contribution in [-0.4, -0.2) is 32.8 Å². The molecule has 2 heterocycles. The van der Waals surface area contributed by atoms with Crippen molar-refractivity contribution >= 4 is 17.3 Å². The van der Waals surface area contributed by atoms with Gasteiger partial charge in [-0.1, -0.05) is 13.8 Å². The van der Waals surface area contributed by atoms with Crippen LogP contribution in [0.5, 0.6) is 0 Å². The molecule has 21 heavy (non-hydrogen) atoms. The van der Waals surface area contributed by atoms with Gasteiger partial charge in [0.2, 0.25) is 0 Å². The lowest BCUT2D eigenvalue weighted by atomic mass is 10.2. The molecule has 2 aromatic heterocycles. The molecule has 2 rings (SSSR count). The third kappa shape index (κ3) is 4.25. The number of aryl methyl sites for hydroxylation is 1. The van der Waals surface area contributed by atoms with E-state index in [1.54, 1.807) is 24.7 Å². The second-order valence-corrected chi connectivity index (χ2v) is 5.90. The molecule has 2 N–H and O–H groups in total. The summed E-state index contributed by atoms with van der Waals surface area (Å²) in [6, 6.07) is 0. The minimum Gasteiger partial charge on any atom is -0.350 e. The first kappa shape index (κ1) is 15.4. The molecular weight excluding hydrogens is 286 g/mol. The Morgan fingerprint density at radius 1 is 1.38 bits per heavy atom. The standard InChI is InChI=1S/C13H21N7S/c1-9(2)10-7-21-12(18-10)6-16-13(14-3)15-5-11-19-17-8-20(11)4/h7-9H,5-6H2,1-4H3,(H2,14,15,16). The number of nitrogens with one attached hydrogen (secondary N) is 2. The van der Waals surface area contributed by atoms with Crippen molar-refractivity contribution in [2.75, 3.05) is 7.05 Å². The van der Waals surface area contributed by atoms with Crippen LogP contribution < -0.4 is 10.6 Å². The van der Waals surface area contributed by atoms with Gasteiger partial charge in [0.15, 0.2) is 11.8 Å². The molecular formula is C13H21N7S. The lowest BCUT2D eigenvalue weighted by Gasteiger charge is -2.10. The molecule has 0 saturated heterocycles. The topological polar surface area (TPSA) is 80.0 Å². The highest BCUT2D eigenvalue weighted by atomic mass is 32.1. The largest absolute Gasteiger partial charge is 0.350 e. The molecule has 0 aliphatic carbocycles. The first-order valence-corrected chi connectivity index (χ1v) is 7.69. The zero-order valence-corrected chi connectivity index (χ0v) is 13.6. The fourth-order valence-corrected chi connectivity index (χ4v) is 2.58. The van der Waals surface area contributed by atoms with E-state index in [1.165, 1.54) is 0 Å². The van der Waals surface area contributed by atoms with Crippen LogP contribution in [0, 0.1) is 0 Å². The summed E-state index contributed by atoms with van der Waals surface area (Å²) in [5.74, 6) is 2.04. The Kier molecular flexibility index (Phi) is 5.26. The second kappa shape index (κ2) is 7.16. The number of hydrogen-bond acceptors (Lipinski definition) is 5. The molecule has 0 bridgehead atoms. The second-order valence-electron chi connectivity index (χ2n) is 4.96. The molecule has 114 valence electrons. The molecule has 0 radical (unpaired) electrons. The van der Waals surface area contributed by atoms with E-state index in [-0.39, 0.29) is 0 Å². The van der Waals surface area contributed by atoms with Crippen LogP contribution in [0.1, 0.15) is 36.3 Å². The van der Waals surface area contributed by atoms with E-state index in [9.17, 15) is 0 Å². The summed E-state index contributed by atoms with van der Waals surface area (Å²) in [5, 5.41) is 17.5. The average molecular weight is 307 g/mol. The van der Waals surface area contributed by atoms with E-state index >= 15 is 0 Å². The SMILES string of the molecule is CN=C(NCc1nc(C(C)C)cs1)NCc1nncn1C. The normalized spacial score (nSPS) is 12.0. The van der Waals surface area contributed by atoms with Gasteiger partial charge in [-0.15, -0.1) is 21.5 Å². The summed E-state index contributed by atoms with van der Waals surface area (Å²) in [6.45, 7) is 5.53. The molecule has 0 aliphatic rings. The Morgan fingerprint density at radius 3 is 2.71 bits per heavy atom. The van der Waals surface area contributed by atoms with Crippen molar-refractivity contribution in [3.05, 3.63) is 28.2 Å². The Morgan fingerprint density at radius 2 is 2.14 bits per heavy atom. The molecule has 7 nitrogen and oxygen atoms in total. The van der Waals surface area contributed by atoms with Crippen molar-refractivity contribution in [3.8, 4) is 0 Å².